The lowest BCUT2D eigenvalue weighted by Crippen LogP contribution is -2.32. The number of nitrogens with two attached hydrogens (primary N) is 1. The number of aromatic nitrogens is 2. The highest BCUT2D eigenvalue weighted by Gasteiger charge is 2.03. The predicted molar refractivity (Wildman–Crippen MR) is 102 cm³/mol. The Balaban J connectivity index is 0.00000242. The van der Waals surface area contributed by atoms with Gasteiger partial charge in [0.25, 0.3) is 0 Å². The molecule has 0 saturated heterocycles. The quantitative estimate of drug-likeness (QED) is 0.435. The lowest BCUT2D eigenvalue weighted by Gasteiger charge is -2.10. The van der Waals surface area contributed by atoms with Crippen LogP contribution in [0.15, 0.2) is 48.0 Å². The van der Waals surface area contributed by atoms with Gasteiger partial charge in [0, 0.05) is 18.9 Å². The number of nitrogens with one attached hydrogen (secondary N) is 1. The minimum absolute atomic E-state index is 0. The fraction of sp³-hybridized carbons (Fsp3) is 0.375. The largest absolute Gasteiger partial charge is 0.370 e. The molecule has 0 aliphatic rings. The molecule has 0 fully saturated rings. The van der Waals surface area contributed by atoms with Crippen LogP contribution in [0, 0.1) is 5.92 Å². The van der Waals surface area contributed by atoms with Crippen molar-refractivity contribution >= 4 is 29.9 Å². The van der Waals surface area contributed by atoms with Gasteiger partial charge in [0.05, 0.1) is 18.6 Å². The number of benzene rings is 1. The number of guanidine groups is 1. The lowest BCUT2D eigenvalue weighted by molar-refractivity contribution is 0.576. The molecule has 5 nitrogen and oxygen atoms in total. The Kier molecular flexibility index (Phi) is 7.94. The smallest absolute Gasteiger partial charge is 0.188 e. The first-order valence-electron chi connectivity index (χ1n) is 7.27. The summed E-state index contributed by atoms with van der Waals surface area (Å²) in [5.41, 5.74) is 8.09. The molecule has 0 aliphatic carbocycles. The summed E-state index contributed by atoms with van der Waals surface area (Å²) in [4.78, 5) is 8.49. The first kappa shape index (κ1) is 18.5. The van der Waals surface area contributed by atoms with Crippen LogP contribution in [-0.4, -0.2) is 22.1 Å². The van der Waals surface area contributed by atoms with E-state index >= 15 is 0 Å². The minimum Gasteiger partial charge on any atom is -0.370 e. The Hall–Kier alpha value is -1.57. The maximum atomic E-state index is 5.90. The summed E-state index contributed by atoms with van der Waals surface area (Å²) in [6.07, 6.45) is 6.56. The van der Waals surface area contributed by atoms with E-state index in [1.165, 1.54) is 0 Å². The van der Waals surface area contributed by atoms with Gasteiger partial charge < -0.3 is 15.6 Å². The fourth-order valence-corrected chi connectivity index (χ4v) is 2.01. The number of imidazole rings is 1. The number of aliphatic imine (C=N–C) groups is 1. The first-order chi connectivity index (χ1) is 10.2. The van der Waals surface area contributed by atoms with Crippen molar-refractivity contribution in [1.82, 2.24) is 14.9 Å². The molecule has 2 aromatic rings. The van der Waals surface area contributed by atoms with Gasteiger partial charge in [-0.05, 0) is 24.0 Å². The van der Waals surface area contributed by atoms with Crippen LogP contribution in [0.2, 0.25) is 0 Å². The molecule has 22 heavy (non-hydrogen) atoms. The number of halogens is 1. The summed E-state index contributed by atoms with van der Waals surface area (Å²) >= 11 is 0. The predicted octanol–water partition coefficient (Wildman–Crippen LogP) is 2.94. The third-order valence-corrected chi connectivity index (χ3v) is 3.22. The van der Waals surface area contributed by atoms with Gasteiger partial charge in [-0.2, -0.15) is 0 Å². The molecule has 0 atom stereocenters. The Morgan fingerprint density at radius 2 is 2.14 bits per heavy atom. The second-order valence-corrected chi connectivity index (χ2v) is 5.41. The molecule has 6 heteroatoms. The fourth-order valence-electron chi connectivity index (χ4n) is 2.01. The third-order valence-electron chi connectivity index (χ3n) is 3.22. The molecule has 0 aliphatic heterocycles. The normalized spacial score (nSPS) is 11.3. The molecule has 0 bridgehead atoms. The van der Waals surface area contributed by atoms with Crippen LogP contribution < -0.4 is 11.1 Å². The Bertz CT molecular complexity index is 578. The number of para-hydroxylation sites is 1. The highest BCUT2D eigenvalue weighted by molar-refractivity contribution is 14.0. The van der Waals surface area contributed by atoms with Crippen LogP contribution in [0.5, 0.6) is 0 Å². The monoisotopic (exact) mass is 413 g/mol. The number of hydrogen-bond acceptors (Lipinski definition) is 2. The van der Waals surface area contributed by atoms with Crippen LogP contribution in [0.25, 0.3) is 5.69 Å². The third kappa shape index (κ3) is 5.67. The van der Waals surface area contributed by atoms with Crippen molar-refractivity contribution in [1.29, 1.82) is 0 Å². The van der Waals surface area contributed by atoms with Crippen LogP contribution in [0.1, 0.15) is 25.8 Å². The standard InChI is InChI=1S/C16H23N5.HI/c1-13(2)7-8-19-16(17)20-11-14-5-3-4-6-15(14)21-10-9-18-12-21;/h3-6,9-10,12-13H,7-8,11H2,1-2H3,(H3,17,19,20);1H. The molecule has 1 heterocycles. The van der Waals surface area contributed by atoms with Crippen molar-refractivity contribution in [3.8, 4) is 5.69 Å². The number of nitrogens with zero attached hydrogens (tertiary/aromatic N) is 3. The van der Waals surface area contributed by atoms with Gasteiger partial charge in [-0.15, -0.1) is 24.0 Å². The zero-order chi connectivity index (χ0) is 15.1. The van der Waals surface area contributed by atoms with Crippen LogP contribution in [0.4, 0.5) is 0 Å². The van der Waals surface area contributed by atoms with Crippen LogP contribution in [-0.2, 0) is 6.54 Å². The molecule has 2 rings (SSSR count). The summed E-state index contributed by atoms with van der Waals surface area (Å²) in [6, 6.07) is 8.12. The van der Waals surface area contributed by atoms with E-state index in [1.54, 1.807) is 12.5 Å². The second-order valence-electron chi connectivity index (χ2n) is 5.41. The molecule has 0 radical (unpaired) electrons. The highest BCUT2D eigenvalue weighted by Crippen LogP contribution is 2.14. The number of hydrogen-bond donors (Lipinski definition) is 2. The average Bonchev–Trinajstić information content (AvgIpc) is 2.99. The van der Waals surface area contributed by atoms with Crippen molar-refractivity contribution in [2.75, 3.05) is 6.54 Å². The van der Waals surface area contributed by atoms with E-state index in [4.69, 9.17) is 5.73 Å². The van der Waals surface area contributed by atoms with Crippen molar-refractivity contribution < 1.29 is 0 Å². The number of rotatable bonds is 6. The van der Waals surface area contributed by atoms with Gasteiger partial charge in [-0.1, -0.05) is 32.0 Å². The Morgan fingerprint density at radius 3 is 2.82 bits per heavy atom. The van der Waals surface area contributed by atoms with Crippen molar-refractivity contribution in [3.05, 3.63) is 48.5 Å². The van der Waals surface area contributed by atoms with E-state index in [9.17, 15) is 0 Å². The van der Waals surface area contributed by atoms with Gasteiger partial charge in [0.1, 0.15) is 0 Å². The maximum absolute atomic E-state index is 5.90. The van der Waals surface area contributed by atoms with E-state index < -0.39 is 0 Å². The summed E-state index contributed by atoms with van der Waals surface area (Å²) < 4.78 is 1.98. The van der Waals surface area contributed by atoms with E-state index in [-0.39, 0.29) is 24.0 Å². The zero-order valence-corrected chi connectivity index (χ0v) is 15.4. The van der Waals surface area contributed by atoms with Crippen molar-refractivity contribution in [2.24, 2.45) is 16.6 Å². The van der Waals surface area contributed by atoms with Gasteiger partial charge in [0.15, 0.2) is 5.96 Å². The van der Waals surface area contributed by atoms with E-state index in [2.05, 4.69) is 41.3 Å². The van der Waals surface area contributed by atoms with Gasteiger partial charge in [-0.25, -0.2) is 9.98 Å². The summed E-state index contributed by atoms with van der Waals surface area (Å²) in [5.74, 6) is 1.16. The summed E-state index contributed by atoms with van der Waals surface area (Å²) in [7, 11) is 0. The molecule has 1 aromatic carbocycles. The molecular weight excluding hydrogens is 389 g/mol. The zero-order valence-electron chi connectivity index (χ0n) is 13.1. The molecule has 0 saturated carbocycles. The second kappa shape index (κ2) is 9.45. The van der Waals surface area contributed by atoms with Gasteiger partial charge in [0.2, 0.25) is 0 Å². The van der Waals surface area contributed by atoms with E-state index in [0.717, 1.165) is 24.2 Å². The highest BCUT2D eigenvalue weighted by atomic mass is 127. The minimum atomic E-state index is 0. The SMILES string of the molecule is CC(C)CCNC(N)=NCc1ccccc1-n1ccnc1.I. The van der Waals surface area contributed by atoms with Crippen molar-refractivity contribution in [2.45, 2.75) is 26.8 Å². The summed E-state index contributed by atoms with van der Waals surface area (Å²) in [6.45, 7) is 5.79. The summed E-state index contributed by atoms with van der Waals surface area (Å²) in [5, 5.41) is 3.15. The van der Waals surface area contributed by atoms with Crippen LogP contribution >= 0.6 is 24.0 Å². The molecule has 120 valence electrons. The van der Waals surface area contributed by atoms with Gasteiger partial charge in [-0.3, -0.25) is 0 Å². The molecule has 0 unspecified atom stereocenters. The Morgan fingerprint density at radius 1 is 1.36 bits per heavy atom. The Labute approximate surface area is 149 Å². The first-order valence-corrected chi connectivity index (χ1v) is 7.27. The van der Waals surface area contributed by atoms with E-state index in [0.29, 0.717) is 18.4 Å². The maximum Gasteiger partial charge on any atom is 0.188 e. The van der Waals surface area contributed by atoms with Gasteiger partial charge >= 0.3 is 0 Å². The topological polar surface area (TPSA) is 68.2 Å². The molecule has 0 spiro atoms. The molecule has 3 N–H and O–H groups in total. The lowest BCUT2D eigenvalue weighted by atomic mass is 10.1. The molecular formula is C16H24IN5. The van der Waals surface area contributed by atoms with Crippen LogP contribution in [0.3, 0.4) is 0 Å². The molecule has 1 aromatic heterocycles. The molecule has 0 amide bonds. The average molecular weight is 413 g/mol. The van der Waals surface area contributed by atoms with E-state index in [1.807, 2.05) is 22.9 Å². The van der Waals surface area contributed by atoms with Crippen molar-refractivity contribution in [3.63, 3.8) is 0 Å².